The first-order valence-corrected chi connectivity index (χ1v) is 11.0. The Bertz CT molecular complexity index is 796. The Balaban J connectivity index is 2.28. The zero-order valence-corrected chi connectivity index (χ0v) is 19.7. The van der Waals surface area contributed by atoms with Crippen molar-refractivity contribution in [1.29, 1.82) is 0 Å². The lowest BCUT2D eigenvalue weighted by molar-refractivity contribution is -0.125. The first-order chi connectivity index (χ1) is 14.9. The SMILES string of the molecule is CC(C)CN(CC(C)(C)C)[C@H](CN)C(=O)Nc1ccc(N2CCOCC2=O)cc1C(F)F. The van der Waals surface area contributed by atoms with Gasteiger partial charge in [-0.05, 0) is 29.5 Å². The van der Waals surface area contributed by atoms with Crippen LogP contribution in [0.25, 0.3) is 0 Å². The van der Waals surface area contributed by atoms with Crippen molar-refractivity contribution in [1.82, 2.24) is 4.90 Å². The third-order valence-electron chi connectivity index (χ3n) is 5.07. The van der Waals surface area contributed by atoms with E-state index in [1.807, 2.05) is 4.90 Å². The molecule has 1 aromatic carbocycles. The Morgan fingerprint density at radius 1 is 1.31 bits per heavy atom. The lowest BCUT2D eigenvalue weighted by Crippen LogP contribution is -2.52. The molecular formula is C23H36F2N4O3. The number of alkyl halides is 2. The fourth-order valence-electron chi connectivity index (χ4n) is 3.82. The minimum atomic E-state index is -2.82. The third kappa shape index (κ3) is 7.21. The number of ether oxygens (including phenoxy) is 1. The monoisotopic (exact) mass is 454 g/mol. The first-order valence-electron chi connectivity index (χ1n) is 11.0. The summed E-state index contributed by atoms with van der Waals surface area (Å²) in [7, 11) is 0. The zero-order valence-electron chi connectivity index (χ0n) is 19.7. The van der Waals surface area contributed by atoms with Gasteiger partial charge in [-0.15, -0.1) is 0 Å². The van der Waals surface area contributed by atoms with Crippen LogP contribution < -0.4 is 16.0 Å². The molecule has 2 rings (SSSR count). The van der Waals surface area contributed by atoms with Crippen molar-refractivity contribution in [2.75, 3.05) is 49.6 Å². The van der Waals surface area contributed by atoms with Crippen LogP contribution in [0.1, 0.15) is 46.6 Å². The van der Waals surface area contributed by atoms with Crippen LogP contribution in [0.3, 0.4) is 0 Å². The van der Waals surface area contributed by atoms with Crippen molar-refractivity contribution < 1.29 is 23.1 Å². The summed E-state index contributed by atoms with van der Waals surface area (Å²) in [5.41, 5.74) is 5.93. The molecule has 0 saturated carbocycles. The summed E-state index contributed by atoms with van der Waals surface area (Å²) in [6, 6.07) is 3.58. The van der Waals surface area contributed by atoms with Crippen LogP contribution in [0, 0.1) is 11.3 Å². The van der Waals surface area contributed by atoms with Gasteiger partial charge in [-0.25, -0.2) is 8.78 Å². The molecule has 1 saturated heterocycles. The number of nitrogens with one attached hydrogen (secondary N) is 1. The molecule has 1 heterocycles. The second-order valence-electron chi connectivity index (χ2n) is 9.79. The molecule has 0 aromatic heterocycles. The number of halogens is 2. The molecule has 0 spiro atoms. The van der Waals surface area contributed by atoms with E-state index in [2.05, 4.69) is 39.9 Å². The third-order valence-corrected chi connectivity index (χ3v) is 5.07. The van der Waals surface area contributed by atoms with Gasteiger partial charge in [0.2, 0.25) is 5.91 Å². The number of rotatable bonds is 9. The van der Waals surface area contributed by atoms with Gasteiger partial charge < -0.3 is 20.7 Å². The van der Waals surface area contributed by atoms with Crippen LogP contribution in [0.15, 0.2) is 18.2 Å². The van der Waals surface area contributed by atoms with E-state index in [4.69, 9.17) is 10.5 Å². The van der Waals surface area contributed by atoms with Crippen molar-refractivity contribution in [3.8, 4) is 0 Å². The van der Waals surface area contributed by atoms with Crippen LogP contribution in [-0.2, 0) is 14.3 Å². The predicted molar refractivity (Wildman–Crippen MR) is 122 cm³/mol. The number of hydrogen-bond acceptors (Lipinski definition) is 5. The topological polar surface area (TPSA) is 87.9 Å². The summed E-state index contributed by atoms with van der Waals surface area (Å²) in [4.78, 5) is 28.6. The highest BCUT2D eigenvalue weighted by Gasteiger charge is 2.30. The Morgan fingerprint density at radius 3 is 2.53 bits per heavy atom. The zero-order chi connectivity index (χ0) is 24.1. The summed E-state index contributed by atoms with van der Waals surface area (Å²) in [5, 5.41) is 2.65. The maximum absolute atomic E-state index is 13.8. The van der Waals surface area contributed by atoms with Crippen LogP contribution >= 0.6 is 0 Å². The molecule has 1 fully saturated rings. The maximum atomic E-state index is 13.8. The number of nitrogens with zero attached hydrogens (tertiary/aromatic N) is 2. The molecule has 7 nitrogen and oxygen atoms in total. The molecule has 3 N–H and O–H groups in total. The molecule has 2 amide bonds. The summed E-state index contributed by atoms with van der Waals surface area (Å²) in [6.07, 6.45) is -2.82. The average molecular weight is 455 g/mol. The van der Waals surface area contributed by atoms with Gasteiger partial charge in [0, 0.05) is 43.1 Å². The van der Waals surface area contributed by atoms with Crippen LogP contribution in [-0.4, -0.2) is 62.1 Å². The Hall–Kier alpha value is -2.10. The van der Waals surface area contributed by atoms with Gasteiger partial charge in [0.25, 0.3) is 12.3 Å². The molecule has 9 heteroatoms. The number of carbonyl (C=O) groups excluding carboxylic acids is 2. The molecular weight excluding hydrogens is 418 g/mol. The van der Waals surface area contributed by atoms with Gasteiger partial charge in [-0.1, -0.05) is 34.6 Å². The maximum Gasteiger partial charge on any atom is 0.265 e. The van der Waals surface area contributed by atoms with Gasteiger partial charge in [-0.3, -0.25) is 14.5 Å². The smallest absolute Gasteiger partial charge is 0.265 e. The van der Waals surface area contributed by atoms with Crippen LogP contribution in [0.2, 0.25) is 0 Å². The summed E-state index contributed by atoms with van der Waals surface area (Å²) in [5.74, 6) is -0.404. The quantitative estimate of drug-likeness (QED) is 0.598. The second-order valence-corrected chi connectivity index (χ2v) is 9.79. The summed E-state index contributed by atoms with van der Waals surface area (Å²) >= 11 is 0. The average Bonchev–Trinajstić information content (AvgIpc) is 2.67. The Kier molecular flexibility index (Phi) is 9.12. The van der Waals surface area contributed by atoms with Gasteiger partial charge in [0.15, 0.2) is 0 Å². The number of carbonyl (C=O) groups is 2. The number of nitrogens with two attached hydrogens (primary N) is 1. The van der Waals surface area contributed by atoms with Gasteiger partial charge in [-0.2, -0.15) is 0 Å². The number of morpholine rings is 1. The van der Waals surface area contributed by atoms with E-state index in [-0.39, 0.29) is 35.7 Å². The van der Waals surface area contributed by atoms with Crippen LogP contribution in [0.5, 0.6) is 0 Å². The van der Waals surface area contributed by atoms with E-state index in [0.717, 1.165) is 0 Å². The van der Waals surface area contributed by atoms with Gasteiger partial charge in [0.1, 0.15) is 12.6 Å². The summed E-state index contributed by atoms with van der Waals surface area (Å²) < 4.78 is 32.8. The molecule has 32 heavy (non-hydrogen) atoms. The van der Waals surface area contributed by atoms with Gasteiger partial charge >= 0.3 is 0 Å². The molecule has 0 radical (unpaired) electrons. The van der Waals surface area contributed by atoms with Crippen molar-refractivity contribution in [2.24, 2.45) is 17.1 Å². The lowest BCUT2D eigenvalue weighted by Gasteiger charge is -2.36. The van der Waals surface area contributed by atoms with E-state index < -0.39 is 18.4 Å². The Morgan fingerprint density at radius 2 is 2.00 bits per heavy atom. The number of anilines is 2. The standard InChI is InChI=1S/C23H36F2N4O3/c1-15(2)12-28(14-23(3,4)5)19(11-26)22(31)27-18-7-6-16(10-17(18)21(24)25)29-8-9-32-13-20(29)30/h6-7,10,15,19,21H,8-9,11-14,26H2,1-5H3,(H,27,31)/t19-/m1/s1. The summed E-state index contributed by atoms with van der Waals surface area (Å²) in [6.45, 7) is 12.3. The van der Waals surface area contributed by atoms with Gasteiger partial charge in [0.05, 0.1) is 6.61 Å². The predicted octanol–water partition coefficient (Wildman–Crippen LogP) is 3.26. The highest BCUT2D eigenvalue weighted by atomic mass is 19.3. The molecule has 1 aromatic rings. The first kappa shape index (κ1) is 26.2. The highest BCUT2D eigenvalue weighted by molar-refractivity contribution is 5.97. The molecule has 1 atom stereocenters. The molecule has 1 aliphatic heterocycles. The molecule has 0 unspecified atom stereocenters. The normalized spacial score (nSPS) is 16.2. The number of hydrogen-bond donors (Lipinski definition) is 2. The van der Waals surface area contributed by atoms with E-state index in [9.17, 15) is 18.4 Å². The van der Waals surface area contributed by atoms with Crippen molar-refractivity contribution in [3.63, 3.8) is 0 Å². The molecule has 180 valence electrons. The molecule has 0 aliphatic carbocycles. The van der Waals surface area contributed by atoms with Crippen molar-refractivity contribution in [2.45, 2.75) is 47.1 Å². The minimum absolute atomic E-state index is 0.0214. The van der Waals surface area contributed by atoms with E-state index in [0.29, 0.717) is 37.8 Å². The number of benzene rings is 1. The van der Waals surface area contributed by atoms with E-state index in [1.54, 1.807) is 6.07 Å². The fraction of sp³-hybridized carbons (Fsp3) is 0.652. The molecule has 0 bridgehead atoms. The van der Waals surface area contributed by atoms with Crippen molar-refractivity contribution >= 4 is 23.2 Å². The Labute approximate surface area is 189 Å². The second kappa shape index (κ2) is 11.2. The van der Waals surface area contributed by atoms with E-state index >= 15 is 0 Å². The van der Waals surface area contributed by atoms with E-state index in [1.165, 1.54) is 17.0 Å². The molecule has 1 aliphatic rings. The van der Waals surface area contributed by atoms with Crippen molar-refractivity contribution in [3.05, 3.63) is 23.8 Å². The lowest BCUT2D eigenvalue weighted by atomic mass is 9.94. The fourth-order valence-corrected chi connectivity index (χ4v) is 3.82. The minimum Gasteiger partial charge on any atom is -0.370 e. The number of amides is 2. The highest BCUT2D eigenvalue weighted by Crippen LogP contribution is 2.32. The largest absolute Gasteiger partial charge is 0.370 e. The van der Waals surface area contributed by atoms with Crippen LogP contribution in [0.4, 0.5) is 20.2 Å².